The summed E-state index contributed by atoms with van der Waals surface area (Å²) in [5.41, 5.74) is 2.33. The van der Waals surface area contributed by atoms with E-state index in [0.717, 1.165) is 5.56 Å². The molecule has 1 aromatic carbocycles. The summed E-state index contributed by atoms with van der Waals surface area (Å²) in [6.07, 6.45) is 0.618. The lowest BCUT2D eigenvalue weighted by Crippen LogP contribution is -1.98. The van der Waals surface area contributed by atoms with Gasteiger partial charge in [-0.1, -0.05) is 35.0 Å². The first-order chi connectivity index (χ1) is 9.13. The zero-order chi connectivity index (χ0) is 13.7. The number of hydrogen-bond donors (Lipinski definition) is 1. The number of hydrogen-bond acceptors (Lipinski definition) is 5. The molecule has 0 fully saturated rings. The molecule has 1 aromatic heterocycles. The summed E-state index contributed by atoms with van der Waals surface area (Å²) in [4.78, 5) is 14.6. The molecule has 0 saturated heterocycles. The first kappa shape index (κ1) is 13.6. The number of aryl methyl sites for hydroxylation is 1. The van der Waals surface area contributed by atoms with Crippen LogP contribution in [0, 0.1) is 6.92 Å². The normalized spacial score (nSPS) is 10.6. The monoisotopic (exact) mass is 278 g/mol. The van der Waals surface area contributed by atoms with Crippen LogP contribution in [0.1, 0.15) is 22.8 Å². The molecule has 0 radical (unpaired) electrons. The summed E-state index contributed by atoms with van der Waals surface area (Å²) in [5.74, 6) is 0.704. The van der Waals surface area contributed by atoms with Crippen LogP contribution in [-0.2, 0) is 17.0 Å². The van der Waals surface area contributed by atoms with Crippen molar-refractivity contribution in [3.63, 3.8) is 0 Å². The van der Waals surface area contributed by atoms with E-state index in [1.165, 1.54) is 17.3 Å². The highest BCUT2D eigenvalue weighted by molar-refractivity contribution is 7.99. The Balaban J connectivity index is 1.90. The lowest BCUT2D eigenvalue weighted by molar-refractivity contribution is -0.133. The number of carboxylic acid groups (broad SMARTS) is 1. The molecule has 0 aliphatic carbocycles. The van der Waals surface area contributed by atoms with E-state index >= 15 is 0 Å². The second kappa shape index (κ2) is 6.38. The summed E-state index contributed by atoms with van der Waals surface area (Å²) in [6.45, 7) is 2.04. The van der Waals surface area contributed by atoms with Crippen LogP contribution in [0.25, 0.3) is 0 Å². The third kappa shape index (κ3) is 4.40. The minimum absolute atomic E-state index is 0.0374. The molecule has 100 valence electrons. The topological polar surface area (TPSA) is 76.2 Å². The van der Waals surface area contributed by atoms with Gasteiger partial charge in [0.25, 0.3) is 0 Å². The molecule has 0 bridgehead atoms. The van der Waals surface area contributed by atoms with Crippen LogP contribution in [0.4, 0.5) is 0 Å². The van der Waals surface area contributed by atoms with Crippen molar-refractivity contribution < 1.29 is 14.4 Å². The maximum atomic E-state index is 10.4. The lowest BCUT2D eigenvalue weighted by atomic mass is 10.1. The number of rotatable bonds is 6. The van der Waals surface area contributed by atoms with Gasteiger partial charge in [0.15, 0.2) is 5.82 Å². The Morgan fingerprint density at radius 1 is 1.37 bits per heavy atom. The van der Waals surface area contributed by atoms with Gasteiger partial charge < -0.3 is 9.63 Å². The van der Waals surface area contributed by atoms with E-state index in [2.05, 4.69) is 10.1 Å². The van der Waals surface area contributed by atoms with Crippen molar-refractivity contribution in [2.75, 3.05) is 5.75 Å². The average Bonchev–Trinajstić information content (AvgIpc) is 2.79. The summed E-state index contributed by atoms with van der Waals surface area (Å²) in [7, 11) is 0. The van der Waals surface area contributed by atoms with Gasteiger partial charge in [-0.3, -0.25) is 4.79 Å². The first-order valence-electron chi connectivity index (χ1n) is 5.80. The highest BCUT2D eigenvalue weighted by Gasteiger charge is 2.08. The summed E-state index contributed by atoms with van der Waals surface area (Å²) in [5, 5.41) is 12.4. The third-order valence-electron chi connectivity index (χ3n) is 2.44. The lowest BCUT2D eigenvalue weighted by Gasteiger charge is -1.97. The number of nitrogens with zero attached hydrogens (tertiary/aromatic N) is 2. The van der Waals surface area contributed by atoms with E-state index in [1.54, 1.807) is 0 Å². The molecule has 0 saturated carbocycles. The zero-order valence-corrected chi connectivity index (χ0v) is 11.3. The Morgan fingerprint density at radius 2 is 2.11 bits per heavy atom. The smallest absolute Gasteiger partial charge is 0.313 e. The predicted molar refractivity (Wildman–Crippen MR) is 72.1 cm³/mol. The number of benzene rings is 1. The molecule has 6 heteroatoms. The fourth-order valence-corrected chi connectivity index (χ4v) is 2.10. The molecule has 2 aromatic rings. The molecule has 1 heterocycles. The maximum absolute atomic E-state index is 10.4. The molecule has 0 spiro atoms. The second-order valence-electron chi connectivity index (χ2n) is 4.15. The molecule has 5 nitrogen and oxygen atoms in total. The van der Waals surface area contributed by atoms with Crippen molar-refractivity contribution in [1.29, 1.82) is 0 Å². The highest BCUT2D eigenvalue weighted by Crippen LogP contribution is 2.12. The van der Waals surface area contributed by atoms with Gasteiger partial charge in [-0.2, -0.15) is 4.98 Å². The van der Waals surface area contributed by atoms with Gasteiger partial charge in [0, 0.05) is 6.42 Å². The Bertz CT molecular complexity index is 551. The molecule has 0 atom stereocenters. The van der Waals surface area contributed by atoms with Crippen molar-refractivity contribution in [2.24, 2.45) is 0 Å². The van der Waals surface area contributed by atoms with Gasteiger partial charge in [-0.05, 0) is 12.5 Å². The fraction of sp³-hybridized carbons (Fsp3) is 0.308. The third-order valence-corrected chi connectivity index (χ3v) is 3.35. The minimum atomic E-state index is -0.843. The minimum Gasteiger partial charge on any atom is -0.481 e. The zero-order valence-electron chi connectivity index (χ0n) is 10.5. The second-order valence-corrected chi connectivity index (χ2v) is 5.14. The van der Waals surface area contributed by atoms with Crippen LogP contribution in [0.3, 0.4) is 0 Å². The summed E-state index contributed by atoms with van der Waals surface area (Å²) in [6, 6.07) is 8.15. The fourth-order valence-electron chi connectivity index (χ4n) is 1.53. The van der Waals surface area contributed by atoms with Gasteiger partial charge in [0.2, 0.25) is 5.89 Å². The Morgan fingerprint density at radius 3 is 2.79 bits per heavy atom. The quantitative estimate of drug-likeness (QED) is 0.873. The Hall–Kier alpha value is -1.82. The van der Waals surface area contributed by atoms with Crippen LogP contribution < -0.4 is 0 Å². The molecule has 19 heavy (non-hydrogen) atoms. The molecule has 0 amide bonds. The molecule has 0 aliphatic heterocycles. The van der Waals surface area contributed by atoms with Crippen LogP contribution in [0.15, 0.2) is 28.8 Å². The Labute approximate surface area is 115 Å². The molecule has 2 rings (SSSR count). The van der Waals surface area contributed by atoms with Crippen molar-refractivity contribution in [1.82, 2.24) is 10.1 Å². The van der Waals surface area contributed by atoms with Crippen molar-refractivity contribution in [2.45, 2.75) is 19.1 Å². The number of aromatic nitrogens is 2. The molecule has 0 aliphatic rings. The van der Waals surface area contributed by atoms with Crippen LogP contribution >= 0.6 is 11.8 Å². The average molecular weight is 278 g/mol. The van der Waals surface area contributed by atoms with E-state index in [0.29, 0.717) is 23.9 Å². The predicted octanol–water partition coefficient (Wildman–Crippen LogP) is 2.29. The van der Waals surface area contributed by atoms with Crippen LogP contribution in [0.2, 0.25) is 0 Å². The Kier molecular flexibility index (Phi) is 4.57. The van der Waals surface area contributed by atoms with Gasteiger partial charge in [-0.25, -0.2) is 0 Å². The van der Waals surface area contributed by atoms with Gasteiger partial charge in [0.1, 0.15) is 0 Å². The van der Waals surface area contributed by atoms with Crippen LogP contribution in [-0.4, -0.2) is 27.0 Å². The SMILES string of the molecule is Cc1ccc(Cc2noc(CSCC(=O)O)n2)cc1. The van der Waals surface area contributed by atoms with E-state index < -0.39 is 5.97 Å². The number of thioether (sulfide) groups is 1. The summed E-state index contributed by atoms with van der Waals surface area (Å²) >= 11 is 1.24. The van der Waals surface area contributed by atoms with Gasteiger partial charge in [0.05, 0.1) is 11.5 Å². The van der Waals surface area contributed by atoms with Crippen molar-refractivity contribution in [3.8, 4) is 0 Å². The summed E-state index contributed by atoms with van der Waals surface area (Å²) < 4.78 is 5.07. The molecular formula is C13H14N2O3S. The van der Waals surface area contributed by atoms with E-state index in [1.807, 2.05) is 31.2 Å². The van der Waals surface area contributed by atoms with Gasteiger partial charge >= 0.3 is 5.97 Å². The first-order valence-corrected chi connectivity index (χ1v) is 6.95. The maximum Gasteiger partial charge on any atom is 0.313 e. The standard InChI is InChI=1S/C13H14N2O3S/c1-9-2-4-10(5-3-9)6-11-14-12(18-15-11)7-19-8-13(16)17/h2-5H,6-8H2,1H3,(H,16,17). The van der Waals surface area contributed by atoms with Crippen molar-refractivity contribution >= 4 is 17.7 Å². The van der Waals surface area contributed by atoms with E-state index in [9.17, 15) is 4.79 Å². The number of aliphatic carboxylic acids is 1. The molecular weight excluding hydrogens is 264 g/mol. The highest BCUT2D eigenvalue weighted by atomic mass is 32.2. The van der Waals surface area contributed by atoms with Crippen LogP contribution in [0.5, 0.6) is 0 Å². The van der Waals surface area contributed by atoms with Crippen molar-refractivity contribution in [3.05, 3.63) is 47.1 Å². The van der Waals surface area contributed by atoms with Gasteiger partial charge in [-0.15, -0.1) is 11.8 Å². The number of carbonyl (C=O) groups is 1. The largest absolute Gasteiger partial charge is 0.481 e. The van der Waals surface area contributed by atoms with E-state index in [4.69, 9.17) is 9.63 Å². The molecule has 0 unspecified atom stereocenters. The van der Waals surface area contributed by atoms with E-state index in [-0.39, 0.29) is 5.75 Å². The number of carboxylic acids is 1. The molecule has 1 N–H and O–H groups in total.